The van der Waals surface area contributed by atoms with Gasteiger partial charge in [0, 0.05) is 5.41 Å². The van der Waals surface area contributed by atoms with E-state index < -0.39 is 11.2 Å². The summed E-state index contributed by atoms with van der Waals surface area (Å²) in [5, 5.41) is 33.4. The van der Waals surface area contributed by atoms with E-state index in [0.717, 1.165) is 56.9 Å². The zero-order chi connectivity index (χ0) is 22.2. The Bertz CT molecular complexity index is 701. The first-order chi connectivity index (χ1) is 14.0. The van der Waals surface area contributed by atoms with Crippen LogP contribution in [0.4, 0.5) is 0 Å². The van der Waals surface area contributed by atoms with Crippen molar-refractivity contribution in [2.75, 3.05) is 0 Å². The third-order valence-electron chi connectivity index (χ3n) is 8.64. The second-order valence-electron chi connectivity index (χ2n) is 11.2. The highest BCUT2D eigenvalue weighted by atomic mass is 16.4. The maximum absolute atomic E-state index is 11.9. The number of fused-ring (bicyclic) bond motifs is 1. The summed E-state index contributed by atoms with van der Waals surface area (Å²) in [5.74, 6) is 0.930. The van der Waals surface area contributed by atoms with Crippen molar-refractivity contribution in [3.63, 3.8) is 0 Å². The van der Waals surface area contributed by atoms with E-state index in [1.54, 1.807) is 0 Å². The highest BCUT2D eigenvalue weighted by Gasteiger charge is 2.64. The molecule has 3 rings (SSSR count). The summed E-state index contributed by atoms with van der Waals surface area (Å²) in [5.41, 5.74) is 1.32. The standard InChI is InChI=1S/C27H44O3/c1-19(2)8-6-16-26(5,29)27(30)17-14-24-21(9-7-15-25(24,27)4)11-12-22-18-23(28)13-10-20(22)3/h11-12,19,23-24,28-30H,3,6-10,13-18H2,1-2,4-5H3/b21-11+,22-12-/t23-,24-,25-,26-,27+/m0/s1. The molecule has 0 aromatic heterocycles. The van der Waals surface area contributed by atoms with Crippen molar-refractivity contribution in [3.05, 3.63) is 35.5 Å². The van der Waals surface area contributed by atoms with Crippen LogP contribution in [0.2, 0.25) is 0 Å². The fourth-order valence-electron chi connectivity index (χ4n) is 6.60. The van der Waals surface area contributed by atoms with Crippen LogP contribution in [-0.2, 0) is 0 Å². The summed E-state index contributed by atoms with van der Waals surface area (Å²) in [6.07, 6.45) is 13.9. The SMILES string of the molecule is C=C1CC[C@H](O)C/C1=C/C=C1\CCC[C@@]2(C)[C@H]1CC[C@]2(O)[C@@](C)(O)CCCC(C)C. The third kappa shape index (κ3) is 4.36. The number of allylic oxidation sites excluding steroid dienone is 4. The van der Waals surface area contributed by atoms with Crippen LogP contribution in [0.5, 0.6) is 0 Å². The van der Waals surface area contributed by atoms with Gasteiger partial charge in [-0.15, -0.1) is 0 Å². The molecular weight excluding hydrogens is 372 g/mol. The van der Waals surface area contributed by atoms with Crippen molar-refractivity contribution in [1.82, 2.24) is 0 Å². The van der Waals surface area contributed by atoms with Gasteiger partial charge in [-0.1, -0.05) is 63.5 Å². The second-order valence-corrected chi connectivity index (χ2v) is 11.2. The van der Waals surface area contributed by atoms with E-state index in [2.05, 4.69) is 39.5 Å². The fraction of sp³-hybridized carbons (Fsp3) is 0.778. The van der Waals surface area contributed by atoms with Gasteiger partial charge in [-0.05, 0) is 82.1 Å². The molecule has 0 aromatic rings. The van der Waals surface area contributed by atoms with E-state index >= 15 is 0 Å². The molecule has 5 atom stereocenters. The molecule has 0 bridgehead atoms. The zero-order valence-corrected chi connectivity index (χ0v) is 19.7. The van der Waals surface area contributed by atoms with Gasteiger partial charge >= 0.3 is 0 Å². The van der Waals surface area contributed by atoms with Gasteiger partial charge < -0.3 is 15.3 Å². The lowest BCUT2D eigenvalue weighted by Crippen LogP contribution is -2.61. The van der Waals surface area contributed by atoms with Gasteiger partial charge in [0.15, 0.2) is 0 Å². The summed E-state index contributed by atoms with van der Waals surface area (Å²) < 4.78 is 0. The first-order valence-electron chi connectivity index (χ1n) is 12.2. The lowest BCUT2D eigenvalue weighted by Gasteiger charge is -2.53. The molecule has 3 nitrogen and oxygen atoms in total. The molecule has 0 radical (unpaired) electrons. The van der Waals surface area contributed by atoms with Crippen LogP contribution in [0, 0.1) is 17.3 Å². The van der Waals surface area contributed by atoms with E-state index in [4.69, 9.17) is 0 Å². The Kier molecular flexibility index (Phi) is 7.06. The first-order valence-corrected chi connectivity index (χ1v) is 12.2. The molecule has 3 N–H and O–H groups in total. The fourth-order valence-corrected chi connectivity index (χ4v) is 6.60. The lowest BCUT2D eigenvalue weighted by molar-refractivity contribution is -0.204. The molecular formula is C27H44O3. The second kappa shape index (κ2) is 8.92. The molecule has 0 heterocycles. The van der Waals surface area contributed by atoms with Crippen molar-refractivity contribution in [2.24, 2.45) is 17.3 Å². The highest BCUT2D eigenvalue weighted by molar-refractivity contribution is 5.37. The van der Waals surface area contributed by atoms with Crippen molar-refractivity contribution in [2.45, 2.75) is 116 Å². The third-order valence-corrected chi connectivity index (χ3v) is 8.64. The largest absolute Gasteiger partial charge is 0.393 e. The quantitative estimate of drug-likeness (QED) is 0.509. The Balaban J connectivity index is 1.81. The number of rotatable bonds is 6. The van der Waals surface area contributed by atoms with Crippen LogP contribution in [-0.4, -0.2) is 32.6 Å². The molecule has 30 heavy (non-hydrogen) atoms. The summed E-state index contributed by atoms with van der Waals surface area (Å²) in [4.78, 5) is 0. The van der Waals surface area contributed by atoms with Crippen LogP contribution < -0.4 is 0 Å². The van der Waals surface area contributed by atoms with Gasteiger partial charge in [0.05, 0.1) is 17.3 Å². The van der Waals surface area contributed by atoms with Crippen molar-refractivity contribution >= 4 is 0 Å². The highest BCUT2D eigenvalue weighted by Crippen LogP contribution is 2.63. The number of aliphatic hydroxyl groups excluding tert-OH is 1. The minimum Gasteiger partial charge on any atom is -0.393 e. The molecule has 0 spiro atoms. The van der Waals surface area contributed by atoms with Gasteiger partial charge in [0.1, 0.15) is 0 Å². The van der Waals surface area contributed by atoms with Crippen LogP contribution in [0.1, 0.15) is 98.3 Å². The van der Waals surface area contributed by atoms with Gasteiger partial charge in [-0.2, -0.15) is 0 Å². The minimum atomic E-state index is -1.06. The summed E-state index contributed by atoms with van der Waals surface area (Å²) >= 11 is 0. The first kappa shape index (κ1) is 23.8. The van der Waals surface area contributed by atoms with Crippen LogP contribution in [0.15, 0.2) is 35.5 Å². The van der Waals surface area contributed by atoms with E-state index in [0.29, 0.717) is 31.1 Å². The summed E-state index contributed by atoms with van der Waals surface area (Å²) in [6, 6.07) is 0. The van der Waals surface area contributed by atoms with Gasteiger partial charge in [-0.25, -0.2) is 0 Å². The molecule has 3 saturated carbocycles. The molecule has 3 fully saturated rings. The Morgan fingerprint density at radius 1 is 1.20 bits per heavy atom. The van der Waals surface area contributed by atoms with Crippen molar-refractivity contribution in [3.8, 4) is 0 Å². The average molecular weight is 417 g/mol. The Labute approximate surface area is 184 Å². The zero-order valence-electron chi connectivity index (χ0n) is 19.7. The minimum absolute atomic E-state index is 0.255. The topological polar surface area (TPSA) is 60.7 Å². The lowest BCUT2D eigenvalue weighted by atomic mass is 9.57. The van der Waals surface area contributed by atoms with E-state index in [1.165, 1.54) is 11.1 Å². The van der Waals surface area contributed by atoms with Gasteiger partial charge in [-0.3, -0.25) is 0 Å². The summed E-state index contributed by atoms with van der Waals surface area (Å²) in [6.45, 7) is 12.7. The smallest absolute Gasteiger partial charge is 0.0989 e. The number of hydrogen-bond donors (Lipinski definition) is 3. The molecule has 0 aromatic carbocycles. The monoisotopic (exact) mass is 416 g/mol. The van der Waals surface area contributed by atoms with Gasteiger partial charge in [0.25, 0.3) is 0 Å². The predicted octanol–water partition coefficient (Wildman–Crippen LogP) is 5.85. The Hall–Kier alpha value is -0.900. The molecule has 0 aliphatic heterocycles. The average Bonchev–Trinajstić information content (AvgIpc) is 2.95. The molecule has 3 aliphatic carbocycles. The van der Waals surface area contributed by atoms with Crippen LogP contribution >= 0.6 is 0 Å². The predicted molar refractivity (Wildman–Crippen MR) is 124 cm³/mol. The van der Waals surface area contributed by atoms with Gasteiger partial charge in [0.2, 0.25) is 0 Å². The molecule has 170 valence electrons. The van der Waals surface area contributed by atoms with Crippen LogP contribution in [0.25, 0.3) is 0 Å². The molecule has 0 amide bonds. The normalized spacial score (nSPS) is 39.5. The maximum atomic E-state index is 11.9. The number of hydrogen-bond acceptors (Lipinski definition) is 3. The maximum Gasteiger partial charge on any atom is 0.0989 e. The summed E-state index contributed by atoms with van der Waals surface area (Å²) in [7, 11) is 0. The van der Waals surface area contributed by atoms with Crippen LogP contribution in [0.3, 0.4) is 0 Å². The van der Waals surface area contributed by atoms with Crippen molar-refractivity contribution < 1.29 is 15.3 Å². The number of aliphatic hydroxyl groups is 3. The van der Waals surface area contributed by atoms with E-state index in [-0.39, 0.29) is 11.5 Å². The molecule has 3 heteroatoms. The van der Waals surface area contributed by atoms with E-state index in [9.17, 15) is 15.3 Å². The molecule has 3 aliphatic rings. The molecule has 0 unspecified atom stereocenters. The van der Waals surface area contributed by atoms with E-state index in [1.807, 2.05) is 6.92 Å². The molecule has 0 saturated heterocycles. The Morgan fingerprint density at radius 2 is 1.93 bits per heavy atom. The van der Waals surface area contributed by atoms with Crippen molar-refractivity contribution in [1.29, 1.82) is 0 Å². The Morgan fingerprint density at radius 3 is 2.63 bits per heavy atom.